The average molecular weight is 366 g/mol. The Morgan fingerprint density at radius 1 is 1.05 bits per heavy atom. The van der Waals surface area contributed by atoms with Crippen molar-refractivity contribution in [2.75, 3.05) is 0 Å². The molecule has 0 radical (unpaired) electrons. The Morgan fingerprint density at radius 3 is 2.11 bits per heavy atom. The van der Waals surface area contributed by atoms with Crippen LogP contribution in [0.3, 0.4) is 0 Å². The van der Waals surface area contributed by atoms with Crippen molar-refractivity contribution in [1.82, 2.24) is 0 Å². The van der Waals surface area contributed by atoms with Gasteiger partial charge in [-0.15, -0.1) is 22.2 Å². The van der Waals surface area contributed by atoms with E-state index in [4.69, 9.17) is 33.2 Å². The first-order chi connectivity index (χ1) is 8.42. The molecule has 0 heterocycles. The van der Waals surface area contributed by atoms with Gasteiger partial charge >= 0.3 is 6.18 Å². The zero-order valence-corrected chi connectivity index (χ0v) is 14.8. The topological polar surface area (TPSA) is 0 Å². The molecule has 1 aromatic rings. The van der Waals surface area contributed by atoms with E-state index in [1.807, 2.05) is 6.55 Å². The highest BCUT2D eigenvalue weighted by Gasteiger charge is 2.35. The van der Waals surface area contributed by atoms with Gasteiger partial charge in [-0.3, -0.25) is 0 Å². The number of alkyl halides is 3. The van der Waals surface area contributed by atoms with Gasteiger partial charge in [0.25, 0.3) is 0 Å². The normalized spacial score (nSPS) is 16.2. The Balaban J connectivity index is 2.95. The van der Waals surface area contributed by atoms with Crippen LogP contribution < -0.4 is 5.19 Å². The van der Waals surface area contributed by atoms with E-state index in [0.717, 1.165) is 12.1 Å². The maximum absolute atomic E-state index is 12.7. The van der Waals surface area contributed by atoms with Crippen LogP contribution in [0.25, 0.3) is 0 Å². The standard InChI is InChI=1S/C11H14Cl3F3Si2/c1-18(12,6-7-19(2,13)14)10-5-3-4-9(8-10)11(15,16)17/h3-5,8H,6-7H2,1-2H3. The average Bonchev–Trinajstić information content (AvgIpc) is 2.25. The molecular weight excluding hydrogens is 352 g/mol. The summed E-state index contributed by atoms with van der Waals surface area (Å²) in [7, 11) is -2.46. The number of hydrogen-bond donors (Lipinski definition) is 0. The maximum Gasteiger partial charge on any atom is 0.416 e. The predicted molar refractivity (Wildman–Crippen MR) is 81.5 cm³/mol. The van der Waals surface area contributed by atoms with Crippen LogP contribution in [0.2, 0.25) is 25.2 Å². The van der Waals surface area contributed by atoms with Gasteiger partial charge in [-0.05, 0) is 29.9 Å². The first-order valence-electron chi connectivity index (χ1n) is 5.66. The van der Waals surface area contributed by atoms with Crippen molar-refractivity contribution in [3.63, 3.8) is 0 Å². The van der Waals surface area contributed by atoms with Crippen molar-refractivity contribution in [2.24, 2.45) is 0 Å². The molecule has 0 amide bonds. The molecule has 0 saturated heterocycles. The molecule has 1 rings (SSSR count). The summed E-state index contributed by atoms with van der Waals surface area (Å²) >= 11 is 18.5. The van der Waals surface area contributed by atoms with E-state index in [-0.39, 0.29) is 0 Å². The lowest BCUT2D eigenvalue weighted by atomic mass is 10.2. The Kier molecular flexibility index (Phi) is 5.46. The van der Waals surface area contributed by atoms with Crippen LogP contribution in [0.1, 0.15) is 5.56 Å². The molecule has 8 heteroatoms. The van der Waals surface area contributed by atoms with E-state index in [0.29, 0.717) is 17.3 Å². The number of hydrogen-bond acceptors (Lipinski definition) is 0. The van der Waals surface area contributed by atoms with E-state index in [1.54, 1.807) is 12.6 Å². The highest BCUT2D eigenvalue weighted by atomic mass is 35.7. The van der Waals surface area contributed by atoms with Gasteiger partial charge in [0, 0.05) is 0 Å². The number of rotatable bonds is 4. The summed E-state index contributed by atoms with van der Waals surface area (Å²) in [6.45, 7) is 1.32. The largest absolute Gasteiger partial charge is 0.416 e. The molecule has 0 nitrogen and oxygen atoms in total. The molecule has 0 fully saturated rings. The molecule has 0 spiro atoms. The predicted octanol–water partition coefficient (Wildman–Crippen LogP) is 5.28. The molecular formula is C11H14Cl3F3Si2. The highest BCUT2D eigenvalue weighted by Crippen LogP contribution is 2.31. The van der Waals surface area contributed by atoms with Crippen LogP contribution in [0.4, 0.5) is 13.2 Å². The first kappa shape index (κ1) is 17.4. The smallest absolute Gasteiger partial charge is 0.166 e. The lowest BCUT2D eigenvalue weighted by molar-refractivity contribution is -0.137. The molecule has 108 valence electrons. The quantitative estimate of drug-likeness (QED) is 0.503. The molecule has 1 unspecified atom stereocenters. The number of halogens is 6. The fraction of sp³-hybridized carbons (Fsp3) is 0.455. The van der Waals surface area contributed by atoms with Gasteiger partial charge in [0.1, 0.15) is 0 Å². The minimum atomic E-state index is -4.35. The molecule has 0 aliphatic carbocycles. The van der Waals surface area contributed by atoms with Gasteiger partial charge in [-0.25, -0.2) is 0 Å². The molecule has 0 aromatic heterocycles. The summed E-state index contributed by atoms with van der Waals surface area (Å²) < 4.78 is 38.0. The van der Waals surface area contributed by atoms with Crippen LogP contribution in [-0.4, -0.2) is 14.1 Å². The molecule has 19 heavy (non-hydrogen) atoms. The summed E-state index contributed by atoms with van der Waals surface area (Å²) in [6, 6.07) is 6.39. The highest BCUT2D eigenvalue weighted by molar-refractivity contribution is 7.45. The Labute approximate surface area is 127 Å². The van der Waals surface area contributed by atoms with E-state index in [9.17, 15) is 13.2 Å². The van der Waals surface area contributed by atoms with Crippen LogP contribution in [0, 0.1) is 0 Å². The maximum atomic E-state index is 12.7. The molecule has 0 N–H and O–H groups in total. The van der Waals surface area contributed by atoms with Crippen molar-refractivity contribution >= 4 is 52.5 Å². The SMILES string of the molecule is C[Si](Cl)(Cl)CC[Si](C)(Cl)c1cccc(C(F)(F)F)c1. The van der Waals surface area contributed by atoms with E-state index < -0.39 is 25.8 Å². The molecule has 0 aliphatic rings. The summed E-state index contributed by atoms with van der Waals surface area (Å²) in [5.74, 6) is 0. The Morgan fingerprint density at radius 2 is 1.63 bits per heavy atom. The van der Waals surface area contributed by atoms with Crippen molar-refractivity contribution in [2.45, 2.75) is 31.4 Å². The Hall–Kier alpha value is 0.314. The minimum absolute atomic E-state index is 0.565. The summed E-state index contributed by atoms with van der Waals surface area (Å²) in [4.78, 5) is 0. The lowest BCUT2D eigenvalue weighted by Gasteiger charge is -2.23. The third-order valence-corrected chi connectivity index (χ3v) is 9.51. The summed E-state index contributed by atoms with van der Waals surface area (Å²) in [5.41, 5.74) is -0.666. The second kappa shape index (κ2) is 5.97. The zero-order valence-electron chi connectivity index (χ0n) is 10.5. The molecule has 0 bridgehead atoms. The first-order valence-corrected chi connectivity index (χ1v) is 14.1. The van der Waals surface area contributed by atoms with Gasteiger partial charge in [0.05, 0.1) is 5.56 Å². The molecule has 1 aromatic carbocycles. The van der Waals surface area contributed by atoms with Crippen LogP contribution in [0.5, 0.6) is 0 Å². The van der Waals surface area contributed by atoms with Gasteiger partial charge < -0.3 is 0 Å². The van der Waals surface area contributed by atoms with Crippen molar-refractivity contribution in [3.05, 3.63) is 29.8 Å². The lowest BCUT2D eigenvalue weighted by Crippen LogP contribution is -2.40. The third-order valence-electron chi connectivity index (χ3n) is 2.83. The summed E-state index contributed by atoms with van der Waals surface area (Å²) in [6.07, 6.45) is -4.35. The fourth-order valence-electron chi connectivity index (χ4n) is 1.62. The fourth-order valence-corrected chi connectivity index (χ4v) is 9.35. The second-order valence-corrected chi connectivity index (χ2v) is 19.0. The number of benzene rings is 1. The van der Waals surface area contributed by atoms with Gasteiger partial charge in [0.15, 0.2) is 7.38 Å². The monoisotopic (exact) mass is 364 g/mol. The molecule has 1 atom stereocenters. The van der Waals surface area contributed by atoms with Crippen LogP contribution >= 0.6 is 33.2 Å². The van der Waals surface area contributed by atoms with Gasteiger partial charge in [-0.1, -0.05) is 24.7 Å². The van der Waals surface area contributed by atoms with Gasteiger partial charge in [0.2, 0.25) is 6.69 Å². The van der Waals surface area contributed by atoms with E-state index >= 15 is 0 Å². The Bertz CT molecular complexity index is 442. The van der Waals surface area contributed by atoms with Crippen LogP contribution in [0.15, 0.2) is 24.3 Å². The van der Waals surface area contributed by atoms with E-state index in [1.165, 1.54) is 6.07 Å². The second-order valence-electron chi connectivity index (χ2n) is 4.85. The molecule has 0 saturated carbocycles. The van der Waals surface area contributed by atoms with Crippen molar-refractivity contribution in [3.8, 4) is 0 Å². The van der Waals surface area contributed by atoms with Crippen molar-refractivity contribution in [1.29, 1.82) is 0 Å². The molecule has 0 aliphatic heterocycles. The van der Waals surface area contributed by atoms with Gasteiger partial charge in [-0.2, -0.15) is 24.3 Å². The zero-order chi connectivity index (χ0) is 14.9. The third kappa shape index (κ3) is 5.67. The van der Waals surface area contributed by atoms with Crippen molar-refractivity contribution < 1.29 is 13.2 Å². The van der Waals surface area contributed by atoms with E-state index in [2.05, 4.69) is 0 Å². The van der Waals surface area contributed by atoms with Crippen LogP contribution in [-0.2, 0) is 6.18 Å². The summed E-state index contributed by atoms with van der Waals surface area (Å²) in [5, 5.41) is 0.565. The minimum Gasteiger partial charge on any atom is -0.166 e.